The third-order valence-electron chi connectivity index (χ3n) is 3.93. The minimum atomic E-state index is 0.666. The molecule has 1 unspecified atom stereocenters. The molecule has 112 valence electrons. The molecule has 2 rings (SSSR count). The second kappa shape index (κ2) is 8.01. The van der Waals surface area contributed by atoms with E-state index in [0.717, 1.165) is 25.4 Å². The number of rotatable bonds is 7. The number of likely N-dealkylation sites (tertiary alicyclic amines) is 1. The van der Waals surface area contributed by atoms with Crippen LogP contribution < -0.4 is 10.1 Å². The number of ether oxygens (including phenoxy) is 1. The first-order valence-corrected chi connectivity index (χ1v) is 8.31. The summed E-state index contributed by atoms with van der Waals surface area (Å²) in [6, 6.07) is 6.88. The van der Waals surface area contributed by atoms with Gasteiger partial charge in [-0.15, -0.1) is 0 Å². The molecule has 0 aliphatic carbocycles. The van der Waals surface area contributed by atoms with E-state index in [1.54, 1.807) is 7.11 Å². The van der Waals surface area contributed by atoms with Gasteiger partial charge in [0, 0.05) is 23.6 Å². The van der Waals surface area contributed by atoms with Crippen LogP contribution in [0.15, 0.2) is 22.7 Å². The summed E-state index contributed by atoms with van der Waals surface area (Å²) >= 11 is 3.65. The minimum Gasteiger partial charge on any atom is -0.497 e. The monoisotopic (exact) mass is 340 g/mol. The summed E-state index contributed by atoms with van der Waals surface area (Å²) in [7, 11) is 1.72. The van der Waals surface area contributed by atoms with Crippen molar-refractivity contribution in [2.75, 3.05) is 26.7 Å². The molecule has 1 aliphatic rings. The maximum atomic E-state index is 5.33. The standard InChI is InChI=1S/C16H25BrN2O/c1-3-8-18-11-14-5-4-9-19(14)12-13-10-15(20-2)6-7-16(13)17/h6-7,10,14,18H,3-5,8-9,11-12H2,1-2H3. The minimum absolute atomic E-state index is 0.666. The molecule has 1 atom stereocenters. The molecule has 1 heterocycles. The topological polar surface area (TPSA) is 24.5 Å². The molecule has 1 aromatic carbocycles. The first kappa shape index (κ1) is 15.8. The lowest BCUT2D eigenvalue weighted by atomic mass is 10.1. The van der Waals surface area contributed by atoms with Crippen LogP contribution in [0.1, 0.15) is 31.7 Å². The Labute approximate surface area is 130 Å². The van der Waals surface area contributed by atoms with Gasteiger partial charge in [0.2, 0.25) is 0 Å². The van der Waals surface area contributed by atoms with Crippen molar-refractivity contribution in [3.8, 4) is 5.75 Å². The van der Waals surface area contributed by atoms with Crippen LogP contribution in [0.2, 0.25) is 0 Å². The Morgan fingerprint density at radius 3 is 3.05 bits per heavy atom. The van der Waals surface area contributed by atoms with Crippen LogP contribution in [0.5, 0.6) is 5.75 Å². The maximum absolute atomic E-state index is 5.33. The zero-order valence-corrected chi connectivity index (χ0v) is 14.1. The van der Waals surface area contributed by atoms with Crippen molar-refractivity contribution in [1.82, 2.24) is 10.2 Å². The van der Waals surface area contributed by atoms with E-state index in [2.05, 4.69) is 45.2 Å². The van der Waals surface area contributed by atoms with E-state index >= 15 is 0 Å². The first-order chi connectivity index (χ1) is 9.74. The predicted molar refractivity (Wildman–Crippen MR) is 87.3 cm³/mol. The third-order valence-corrected chi connectivity index (χ3v) is 4.71. The van der Waals surface area contributed by atoms with Crippen LogP contribution in [0.25, 0.3) is 0 Å². The molecule has 0 spiro atoms. The molecule has 0 saturated carbocycles. The van der Waals surface area contributed by atoms with Crippen molar-refractivity contribution >= 4 is 15.9 Å². The SMILES string of the molecule is CCCNCC1CCCN1Cc1cc(OC)ccc1Br. The Morgan fingerprint density at radius 1 is 1.45 bits per heavy atom. The van der Waals surface area contributed by atoms with Crippen molar-refractivity contribution in [3.63, 3.8) is 0 Å². The molecule has 0 bridgehead atoms. The van der Waals surface area contributed by atoms with Crippen molar-refractivity contribution in [3.05, 3.63) is 28.2 Å². The molecule has 20 heavy (non-hydrogen) atoms. The summed E-state index contributed by atoms with van der Waals surface area (Å²) in [6.07, 6.45) is 3.81. The van der Waals surface area contributed by atoms with E-state index in [-0.39, 0.29) is 0 Å². The normalized spacial score (nSPS) is 19.4. The number of benzene rings is 1. The van der Waals surface area contributed by atoms with Gasteiger partial charge in [-0.2, -0.15) is 0 Å². The molecule has 1 aromatic rings. The van der Waals surface area contributed by atoms with E-state index in [9.17, 15) is 0 Å². The highest BCUT2D eigenvalue weighted by atomic mass is 79.9. The molecule has 1 aliphatic heterocycles. The molecule has 1 fully saturated rings. The quantitative estimate of drug-likeness (QED) is 0.769. The van der Waals surface area contributed by atoms with E-state index in [0.29, 0.717) is 6.04 Å². The lowest BCUT2D eigenvalue weighted by molar-refractivity contribution is 0.239. The van der Waals surface area contributed by atoms with Gasteiger partial charge in [-0.25, -0.2) is 0 Å². The van der Waals surface area contributed by atoms with Gasteiger partial charge in [-0.1, -0.05) is 22.9 Å². The van der Waals surface area contributed by atoms with Gasteiger partial charge >= 0.3 is 0 Å². The fourth-order valence-electron chi connectivity index (χ4n) is 2.80. The second-order valence-corrected chi connectivity index (χ2v) is 6.28. The Kier molecular flexibility index (Phi) is 6.33. The largest absolute Gasteiger partial charge is 0.497 e. The molecular formula is C16H25BrN2O. The average molecular weight is 341 g/mol. The van der Waals surface area contributed by atoms with Gasteiger partial charge in [0.25, 0.3) is 0 Å². The molecule has 3 nitrogen and oxygen atoms in total. The van der Waals surface area contributed by atoms with Gasteiger partial charge in [-0.3, -0.25) is 4.90 Å². The summed E-state index contributed by atoms with van der Waals surface area (Å²) in [4.78, 5) is 2.59. The summed E-state index contributed by atoms with van der Waals surface area (Å²) in [5, 5.41) is 3.55. The summed E-state index contributed by atoms with van der Waals surface area (Å²) in [6.45, 7) is 6.63. The van der Waals surface area contributed by atoms with Crippen molar-refractivity contribution in [2.45, 2.75) is 38.8 Å². The highest BCUT2D eigenvalue weighted by molar-refractivity contribution is 9.10. The van der Waals surface area contributed by atoms with Crippen LogP contribution in [0.4, 0.5) is 0 Å². The Bertz CT molecular complexity index is 425. The van der Waals surface area contributed by atoms with Crippen LogP contribution in [0, 0.1) is 0 Å². The van der Waals surface area contributed by atoms with Crippen molar-refractivity contribution in [1.29, 1.82) is 0 Å². The van der Waals surface area contributed by atoms with Gasteiger partial charge in [0.05, 0.1) is 7.11 Å². The Hall–Kier alpha value is -0.580. The highest BCUT2D eigenvalue weighted by Gasteiger charge is 2.24. The summed E-state index contributed by atoms with van der Waals surface area (Å²) in [5.74, 6) is 0.933. The summed E-state index contributed by atoms with van der Waals surface area (Å²) < 4.78 is 6.50. The molecular weight excluding hydrogens is 316 g/mol. The Balaban J connectivity index is 1.97. The fourth-order valence-corrected chi connectivity index (χ4v) is 3.17. The van der Waals surface area contributed by atoms with E-state index in [1.165, 1.54) is 35.8 Å². The van der Waals surface area contributed by atoms with Crippen LogP contribution in [-0.4, -0.2) is 37.7 Å². The number of nitrogens with zero attached hydrogens (tertiary/aromatic N) is 1. The average Bonchev–Trinajstić information content (AvgIpc) is 2.89. The lowest BCUT2D eigenvalue weighted by Crippen LogP contribution is -2.37. The number of methoxy groups -OCH3 is 1. The zero-order valence-electron chi connectivity index (χ0n) is 12.5. The third kappa shape index (κ3) is 4.21. The predicted octanol–water partition coefficient (Wildman–Crippen LogP) is 3.42. The van der Waals surface area contributed by atoms with Crippen LogP contribution in [-0.2, 0) is 6.54 Å². The van der Waals surface area contributed by atoms with Gasteiger partial charge in [0.1, 0.15) is 5.75 Å². The number of halogens is 1. The first-order valence-electron chi connectivity index (χ1n) is 7.51. The Morgan fingerprint density at radius 2 is 2.30 bits per heavy atom. The van der Waals surface area contributed by atoms with Crippen molar-refractivity contribution in [2.24, 2.45) is 0 Å². The van der Waals surface area contributed by atoms with Crippen LogP contribution >= 0.6 is 15.9 Å². The van der Waals surface area contributed by atoms with Crippen molar-refractivity contribution < 1.29 is 4.74 Å². The van der Waals surface area contributed by atoms with Gasteiger partial charge < -0.3 is 10.1 Å². The smallest absolute Gasteiger partial charge is 0.119 e. The zero-order chi connectivity index (χ0) is 14.4. The fraction of sp³-hybridized carbons (Fsp3) is 0.625. The molecule has 4 heteroatoms. The van der Waals surface area contributed by atoms with E-state index in [4.69, 9.17) is 4.74 Å². The summed E-state index contributed by atoms with van der Waals surface area (Å²) in [5.41, 5.74) is 1.31. The lowest BCUT2D eigenvalue weighted by Gasteiger charge is -2.25. The maximum Gasteiger partial charge on any atom is 0.119 e. The molecule has 1 saturated heterocycles. The highest BCUT2D eigenvalue weighted by Crippen LogP contribution is 2.27. The number of hydrogen-bond donors (Lipinski definition) is 1. The van der Waals surface area contributed by atoms with E-state index < -0.39 is 0 Å². The molecule has 0 radical (unpaired) electrons. The number of nitrogens with one attached hydrogen (secondary N) is 1. The molecule has 1 N–H and O–H groups in total. The molecule has 0 aromatic heterocycles. The molecule has 0 amide bonds. The van der Waals surface area contributed by atoms with Crippen LogP contribution in [0.3, 0.4) is 0 Å². The number of hydrogen-bond acceptors (Lipinski definition) is 3. The van der Waals surface area contributed by atoms with E-state index in [1.807, 2.05) is 6.07 Å². The van der Waals surface area contributed by atoms with Gasteiger partial charge in [-0.05, 0) is 56.1 Å². The van der Waals surface area contributed by atoms with Gasteiger partial charge in [0.15, 0.2) is 0 Å². The second-order valence-electron chi connectivity index (χ2n) is 5.43.